The second-order valence-corrected chi connectivity index (χ2v) is 22.7. The van der Waals surface area contributed by atoms with Gasteiger partial charge in [0.2, 0.25) is 0 Å². The Kier molecular flexibility index (Phi) is 10.3. The van der Waals surface area contributed by atoms with Crippen LogP contribution in [0.2, 0.25) is 0 Å². The average Bonchev–Trinajstić information content (AvgIpc) is 3.70. The minimum atomic E-state index is -0.0815. The molecule has 0 aliphatic carbocycles. The molecule has 0 atom stereocenters. The summed E-state index contributed by atoms with van der Waals surface area (Å²) in [6, 6.07) is 73.8. The molecule has 0 N–H and O–H groups in total. The molecule has 1 aromatic heterocycles. The summed E-state index contributed by atoms with van der Waals surface area (Å²) in [5.41, 5.74) is 19.7. The predicted molar refractivity (Wildman–Crippen MR) is 303 cm³/mol. The van der Waals surface area contributed by atoms with E-state index in [-0.39, 0.29) is 23.0 Å². The maximum Gasteiger partial charge on any atom is 0.256 e. The number of hydrogen-bond acceptors (Lipinski definition) is 3. The number of nitrogens with zero attached hydrogens (tertiary/aromatic N) is 3. The normalized spacial score (nSPS) is 12.9. The molecular formula is C66H60BN3O. The van der Waals surface area contributed by atoms with Gasteiger partial charge in [-0.25, -0.2) is 0 Å². The number of para-hydroxylation sites is 4. The first-order valence-electron chi connectivity index (χ1n) is 25.2. The van der Waals surface area contributed by atoms with Crippen molar-refractivity contribution in [3.05, 3.63) is 217 Å². The summed E-state index contributed by atoms with van der Waals surface area (Å²) in [5.74, 6) is 1.79. The lowest BCUT2D eigenvalue weighted by molar-refractivity contribution is 0.486. The third-order valence-electron chi connectivity index (χ3n) is 14.8. The maximum absolute atomic E-state index is 7.41. The van der Waals surface area contributed by atoms with Crippen LogP contribution < -0.4 is 30.9 Å². The van der Waals surface area contributed by atoms with Crippen LogP contribution in [0.15, 0.2) is 200 Å². The van der Waals surface area contributed by atoms with Gasteiger partial charge in [0.25, 0.3) is 6.71 Å². The largest absolute Gasteiger partial charge is 0.458 e. The van der Waals surface area contributed by atoms with Crippen LogP contribution in [0.3, 0.4) is 0 Å². The Hall–Kier alpha value is -7.76. The lowest BCUT2D eigenvalue weighted by atomic mass is 9.34. The monoisotopic (exact) mass is 921 g/mol. The molecule has 2 aliphatic heterocycles. The van der Waals surface area contributed by atoms with E-state index in [0.29, 0.717) is 0 Å². The minimum absolute atomic E-state index is 0.0278. The highest BCUT2D eigenvalue weighted by molar-refractivity contribution is 6.99. The molecule has 9 aromatic carbocycles. The molecule has 0 saturated carbocycles. The predicted octanol–water partition coefficient (Wildman–Crippen LogP) is 16.2. The summed E-state index contributed by atoms with van der Waals surface area (Å²) in [6.45, 7) is 20.9. The molecule has 0 radical (unpaired) electrons. The highest BCUT2D eigenvalue weighted by Gasteiger charge is 2.43. The van der Waals surface area contributed by atoms with Crippen molar-refractivity contribution < 1.29 is 4.74 Å². The second kappa shape index (κ2) is 16.4. The van der Waals surface area contributed by atoms with Gasteiger partial charge in [0.1, 0.15) is 11.5 Å². The van der Waals surface area contributed by atoms with Gasteiger partial charge in [-0.1, -0.05) is 165 Å². The van der Waals surface area contributed by atoms with Crippen LogP contribution in [0.25, 0.3) is 38.6 Å². The molecule has 0 fully saturated rings. The zero-order valence-corrected chi connectivity index (χ0v) is 42.4. The number of benzene rings is 9. The average molecular weight is 922 g/mol. The summed E-state index contributed by atoms with van der Waals surface area (Å²) in [7, 11) is 0. The fourth-order valence-corrected chi connectivity index (χ4v) is 11.2. The van der Waals surface area contributed by atoms with Crippen LogP contribution in [0.1, 0.15) is 79.0 Å². The van der Waals surface area contributed by atoms with Crippen molar-refractivity contribution in [2.75, 3.05) is 9.80 Å². The van der Waals surface area contributed by atoms with E-state index in [1.807, 2.05) is 0 Å². The Morgan fingerprint density at radius 1 is 0.408 bits per heavy atom. The van der Waals surface area contributed by atoms with Gasteiger partial charge in [0.05, 0.1) is 16.9 Å². The highest BCUT2D eigenvalue weighted by Crippen LogP contribution is 2.51. The fourth-order valence-electron chi connectivity index (χ4n) is 11.2. The Morgan fingerprint density at radius 2 is 0.873 bits per heavy atom. The molecule has 0 saturated heterocycles. The molecule has 0 amide bonds. The van der Waals surface area contributed by atoms with Crippen LogP contribution >= 0.6 is 0 Å². The minimum Gasteiger partial charge on any atom is -0.458 e. The highest BCUT2D eigenvalue weighted by atomic mass is 16.5. The molecule has 0 unspecified atom stereocenters. The van der Waals surface area contributed by atoms with Crippen LogP contribution in [-0.4, -0.2) is 11.3 Å². The maximum atomic E-state index is 7.41. The van der Waals surface area contributed by atoms with E-state index in [0.717, 1.165) is 62.4 Å². The molecular weight excluding hydrogens is 862 g/mol. The standard InChI is InChI=1S/C66H60BN3O/c1-64(2,3)44-33-35-55-51(39-44)52-40-46(66(7,8)9)42-54-63(52)70(55)58-37-43(38-60-62(58)67(54)53-41-45(65(4,5)6)34-36-59(53)71-60)61-56(68(47-23-14-10-15-24-47)48-25-16-11-17-26-48)31-22-32-57(61)69(49-27-18-12-19-28-49)50-29-20-13-21-30-50/h10-42H,1-9H3. The fraction of sp³-hybridized carbons (Fsp3) is 0.182. The molecule has 0 bridgehead atoms. The van der Waals surface area contributed by atoms with Crippen molar-refractivity contribution in [3.8, 4) is 28.3 Å². The van der Waals surface area contributed by atoms with Crippen molar-refractivity contribution in [1.82, 2.24) is 4.57 Å². The van der Waals surface area contributed by atoms with E-state index in [1.165, 1.54) is 54.9 Å². The molecule has 2 aliphatic rings. The Bertz CT molecular complexity index is 3490. The SMILES string of the molecule is CC(C)(C)c1ccc2c(c1)B1c3c(cc(-c4c(N(c5ccccc5)c5ccccc5)cccc4N(c4ccccc4)c4ccccc4)cc3-n3c4ccc(C(C)(C)C)cc4c4cc(C(C)(C)C)cc1c43)O2. The van der Waals surface area contributed by atoms with E-state index >= 15 is 0 Å². The molecule has 12 rings (SSSR count). The van der Waals surface area contributed by atoms with E-state index < -0.39 is 0 Å². The number of ether oxygens (including phenoxy) is 1. The van der Waals surface area contributed by atoms with Crippen molar-refractivity contribution in [1.29, 1.82) is 0 Å². The zero-order valence-electron chi connectivity index (χ0n) is 42.4. The van der Waals surface area contributed by atoms with Crippen LogP contribution in [-0.2, 0) is 16.2 Å². The van der Waals surface area contributed by atoms with E-state index in [2.05, 4.69) is 277 Å². The first-order valence-corrected chi connectivity index (χ1v) is 25.2. The molecule has 5 heteroatoms. The van der Waals surface area contributed by atoms with E-state index in [4.69, 9.17) is 4.74 Å². The number of anilines is 6. The summed E-state index contributed by atoms with van der Waals surface area (Å²) in [4.78, 5) is 4.82. The Morgan fingerprint density at radius 3 is 1.38 bits per heavy atom. The Balaban J connectivity index is 1.24. The van der Waals surface area contributed by atoms with Gasteiger partial charge in [-0.05, 0) is 152 Å². The summed E-state index contributed by atoms with van der Waals surface area (Å²) in [5, 5.41) is 2.58. The number of hydrogen-bond donors (Lipinski definition) is 0. The topological polar surface area (TPSA) is 20.6 Å². The van der Waals surface area contributed by atoms with Crippen LogP contribution in [0, 0.1) is 0 Å². The summed E-state index contributed by atoms with van der Waals surface area (Å²) < 4.78 is 10.00. The number of rotatable bonds is 7. The Labute approximate surface area is 419 Å². The first-order chi connectivity index (χ1) is 34.1. The van der Waals surface area contributed by atoms with Crippen molar-refractivity contribution in [2.45, 2.75) is 78.6 Å². The zero-order chi connectivity index (χ0) is 49.0. The summed E-state index contributed by atoms with van der Waals surface area (Å²) in [6.07, 6.45) is 0. The van der Waals surface area contributed by atoms with Crippen LogP contribution in [0.5, 0.6) is 11.5 Å². The molecule has 71 heavy (non-hydrogen) atoms. The first kappa shape index (κ1) is 44.5. The molecule has 3 heterocycles. The smallest absolute Gasteiger partial charge is 0.256 e. The molecule has 348 valence electrons. The number of fused-ring (bicyclic) bond motifs is 7. The van der Waals surface area contributed by atoms with Gasteiger partial charge >= 0.3 is 0 Å². The van der Waals surface area contributed by atoms with Gasteiger partial charge in [-0.2, -0.15) is 0 Å². The lowest BCUT2D eigenvalue weighted by Gasteiger charge is -2.36. The second-order valence-electron chi connectivity index (χ2n) is 22.7. The van der Waals surface area contributed by atoms with Gasteiger partial charge in [0, 0.05) is 50.3 Å². The van der Waals surface area contributed by atoms with Crippen molar-refractivity contribution in [3.63, 3.8) is 0 Å². The number of aromatic nitrogens is 1. The van der Waals surface area contributed by atoms with Gasteiger partial charge in [0.15, 0.2) is 0 Å². The molecule has 0 spiro atoms. The molecule has 4 nitrogen and oxygen atoms in total. The van der Waals surface area contributed by atoms with Crippen molar-refractivity contribution >= 4 is 79.0 Å². The van der Waals surface area contributed by atoms with Gasteiger partial charge < -0.3 is 19.1 Å². The van der Waals surface area contributed by atoms with Gasteiger partial charge in [-0.15, -0.1) is 0 Å². The lowest BCUT2D eigenvalue weighted by Crippen LogP contribution is -2.58. The van der Waals surface area contributed by atoms with E-state index in [1.54, 1.807) is 0 Å². The van der Waals surface area contributed by atoms with Crippen molar-refractivity contribution in [2.24, 2.45) is 0 Å². The van der Waals surface area contributed by atoms with Crippen LogP contribution in [0.4, 0.5) is 34.1 Å². The summed E-state index contributed by atoms with van der Waals surface area (Å²) >= 11 is 0. The molecule has 10 aromatic rings. The quantitative estimate of drug-likeness (QED) is 0.149. The van der Waals surface area contributed by atoms with Gasteiger partial charge in [-0.3, -0.25) is 0 Å². The third kappa shape index (κ3) is 7.44. The third-order valence-corrected chi connectivity index (χ3v) is 14.8. The van der Waals surface area contributed by atoms with E-state index in [9.17, 15) is 0 Å².